The van der Waals surface area contributed by atoms with Gasteiger partial charge < -0.3 is 29.2 Å². The van der Waals surface area contributed by atoms with Crippen molar-refractivity contribution in [1.29, 1.82) is 0 Å². The predicted octanol–water partition coefficient (Wildman–Crippen LogP) is 3.65. The van der Waals surface area contributed by atoms with Gasteiger partial charge in [-0.2, -0.15) is 0 Å². The number of methoxy groups -OCH3 is 2. The van der Waals surface area contributed by atoms with Crippen molar-refractivity contribution in [3.63, 3.8) is 0 Å². The molecule has 0 atom stereocenters. The molecule has 2 N–H and O–H groups in total. The van der Waals surface area contributed by atoms with Crippen molar-refractivity contribution in [3.8, 4) is 23.0 Å². The van der Waals surface area contributed by atoms with Gasteiger partial charge in [0.2, 0.25) is 0 Å². The third-order valence-corrected chi connectivity index (χ3v) is 4.73. The van der Waals surface area contributed by atoms with Crippen molar-refractivity contribution in [3.05, 3.63) is 44.3 Å². The number of phenolic OH excluding ortho intramolecular Hbond substituents is 2. The van der Waals surface area contributed by atoms with Crippen molar-refractivity contribution < 1.29 is 38.7 Å². The second-order valence-corrected chi connectivity index (χ2v) is 7.00. The molecule has 0 bridgehead atoms. The normalized spacial score (nSPS) is 10.3. The summed E-state index contributed by atoms with van der Waals surface area (Å²) >= 11 is 6.23. The molecule has 0 radical (unpaired) electrons. The maximum absolute atomic E-state index is 12.1. The van der Waals surface area contributed by atoms with Crippen LogP contribution in [0.2, 0.25) is 0 Å². The summed E-state index contributed by atoms with van der Waals surface area (Å²) < 4.78 is 20.6. The van der Waals surface area contributed by atoms with Crippen LogP contribution in [0.3, 0.4) is 0 Å². The van der Waals surface area contributed by atoms with Crippen molar-refractivity contribution in [2.45, 2.75) is 0 Å². The van der Waals surface area contributed by atoms with Crippen LogP contribution in [0.1, 0.15) is 20.7 Å². The van der Waals surface area contributed by atoms with Crippen LogP contribution in [-0.2, 0) is 9.47 Å². The fraction of sp³-hybridized carbons (Fsp3) is 0.222. The Morgan fingerprint density at radius 2 is 1.14 bits per heavy atom. The molecule has 28 heavy (non-hydrogen) atoms. The van der Waals surface area contributed by atoms with E-state index in [1.54, 1.807) is 0 Å². The van der Waals surface area contributed by atoms with E-state index < -0.39 is 11.9 Å². The van der Waals surface area contributed by atoms with E-state index in [9.17, 15) is 19.8 Å². The summed E-state index contributed by atoms with van der Waals surface area (Å²) in [6, 6.07) is 5.42. The lowest BCUT2D eigenvalue weighted by molar-refractivity contribution is 0.0265. The van der Waals surface area contributed by atoms with Crippen LogP contribution in [0.25, 0.3) is 0 Å². The largest absolute Gasteiger partial charge is 0.503 e. The maximum Gasteiger partial charge on any atom is 0.338 e. The van der Waals surface area contributed by atoms with E-state index in [-0.39, 0.29) is 56.3 Å². The van der Waals surface area contributed by atoms with Crippen LogP contribution in [0.4, 0.5) is 0 Å². The van der Waals surface area contributed by atoms with Gasteiger partial charge in [0.15, 0.2) is 23.0 Å². The molecule has 0 fully saturated rings. The molecule has 0 aromatic heterocycles. The summed E-state index contributed by atoms with van der Waals surface area (Å²) in [7, 11) is 2.71. The zero-order valence-corrected chi connectivity index (χ0v) is 18.0. The van der Waals surface area contributed by atoms with Gasteiger partial charge in [-0.25, -0.2) is 9.59 Å². The van der Waals surface area contributed by atoms with E-state index >= 15 is 0 Å². The van der Waals surface area contributed by atoms with Crippen molar-refractivity contribution in [1.82, 2.24) is 0 Å². The van der Waals surface area contributed by atoms with Crippen molar-refractivity contribution in [2.24, 2.45) is 0 Å². The van der Waals surface area contributed by atoms with E-state index in [1.807, 2.05) is 0 Å². The molecule has 10 heteroatoms. The number of carbonyl (C=O) groups is 2. The van der Waals surface area contributed by atoms with E-state index in [1.165, 1.54) is 38.5 Å². The SMILES string of the molecule is COc1cc(C(=O)OCCOC(=O)c2cc(Br)c(O)c(OC)c2)cc(Br)c1O. The van der Waals surface area contributed by atoms with Crippen molar-refractivity contribution in [2.75, 3.05) is 27.4 Å². The number of esters is 2. The minimum atomic E-state index is -0.677. The van der Waals surface area contributed by atoms with E-state index in [4.69, 9.17) is 18.9 Å². The first-order valence-electron chi connectivity index (χ1n) is 7.75. The molecule has 0 spiro atoms. The number of carbonyl (C=O) groups excluding carboxylic acids is 2. The number of hydrogen-bond acceptors (Lipinski definition) is 8. The van der Waals surface area contributed by atoms with Crippen molar-refractivity contribution >= 4 is 43.8 Å². The number of hydrogen-bond donors (Lipinski definition) is 2. The molecule has 8 nitrogen and oxygen atoms in total. The van der Waals surface area contributed by atoms with E-state index in [2.05, 4.69) is 31.9 Å². The topological polar surface area (TPSA) is 112 Å². The molecular weight excluding hydrogens is 504 g/mol. The molecule has 2 rings (SSSR count). The Hall–Kier alpha value is -2.46. The third kappa shape index (κ3) is 5.08. The standard InChI is InChI=1S/C18H16Br2O8/c1-25-13-7-9(5-11(19)15(13)21)17(23)27-3-4-28-18(24)10-6-12(20)16(22)14(8-10)26-2/h5-8,21-22H,3-4H2,1-2H3. The molecule has 2 aromatic carbocycles. The van der Waals surface area contributed by atoms with Crippen LogP contribution in [0, 0.1) is 0 Å². The molecule has 0 aliphatic heterocycles. The number of phenols is 2. The average molecular weight is 520 g/mol. The molecule has 2 aromatic rings. The minimum Gasteiger partial charge on any atom is -0.503 e. The van der Waals surface area contributed by atoms with Gasteiger partial charge in [-0.3, -0.25) is 0 Å². The molecule has 0 aliphatic rings. The van der Waals surface area contributed by atoms with Gasteiger partial charge in [0.1, 0.15) is 13.2 Å². The molecule has 0 unspecified atom stereocenters. The number of benzene rings is 2. The van der Waals surface area contributed by atoms with Gasteiger partial charge in [0.05, 0.1) is 34.3 Å². The highest BCUT2D eigenvalue weighted by Gasteiger charge is 2.17. The Morgan fingerprint density at radius 1 is 0.786 bits per heavy atom. The van der Waals surface area contributed by atoms with Crippen LogP contribution in [-0.4, -0.2) is 49.6 Å². The van der Waals surface area contributed by atoms with Gasteiger partial charge >= 0.3 is 11.9 Å². The fourth-order valence-corrected chi connectivity index (χ4v) is 3.01. The van der Waals surface area contributed by atoms with E-state index in [0.717, 1.165) is 0 Å². The number of ether oxygens (including phenoxy) is 4. The Morgan fingerprint density at radius 3 is 1.46 bits per heavy atom. The van der Waals surface area contributed by atoms with Crippen LogP contribution < -0.4 is 9.47 Å². The Balaban J connectivity index is 1.92. The highest BCUT2D eigenvalue weighted by molar-refractivity contribution is 9.10. The number of aromatic hydroxyl groups is 2. The Bertz CT molecular complexity index is 824. The predicted molar refractivity (Wildman–Crippen MR) is 105 cm³/mol. The Kier molecular flexibility index (Phi) is 7.53. The first-order chi connectivity index (χ1) is 13.3. The molecule has 0 heterocycles. The first-order valence-corrected chi connectivity index (χ1v) is 9.34. The lowest BCUT2D eigenvalue weighted by Gasteiger charge is -2.10. The molecule has 0 saturated carbocycles. The van der Waals surface area contributed by atoms with Gasteiger partial charge in [-0.1, -0.05) is 0 Å². The zero-order valence-electron chi connectivity index (χ0n) is 14.8. The van der Waals surface area contributed by atoms with Gasteiger partial charge in [0.25, 0.3) is 0 Å². The Labute approximate surface area is 177 Å². The summed E-state index contributed by atoms with van der Waals surface area (Å²) in [4.78, 5) is 24.2. The summed E-state index contributed by atoms with van der Waals surface area (Å²) in [6.07, 6.45) is 0. The second-order valence-electron chi connectivity index (χ2n) is 5.29. The van der Waals surface area contributed by atoms with Gasteiger partial charge in [-0.15, -0.1) is 0 Å². The van der Waals surface area contributed by atoms with Crippen LogP contribution in [0.5, 0.6) is 23.0 Å². The van der Waals surface area contributed by atoms with Gasteiger partial charge in [-0.05, 0) is 56.1 Å². The van der Waals surface area contributed by atoms with E-state index in [0.29, 0.717) is 0 Å². The lowest BCUT2D eigenvalue weighted by atomic mass is 10.2. The monoisotopic (exact) mass is 518 g/mol. The summed E-state index contributed by atoms with van der Waals surface area (Å²) in [5.74, 6) is -1.40. The highest BCUT2D eigenvalue weighted by atomic mass is 79.9. The maximum atomic E-state index is 12.1. The fourth-order valence-electron chi connectivity index (χ4n) is 2.13. The molecule has 0 amide bonds. The quantitative estimate of drug-likeness (QED) is 0.421. The smallest absolute Gasteiger partial charge is 0.338 e. The zero-order chi connectivity index (χ0) is 20.8. The number of halogens is 2. The third-order valence-electron chi connectivity index (χ3n) is 3.52. The lowest BCUT2D eigenvalue weighted by Crippen LogP contribution is -2.14. The average Bonchev–Trinajstić information content (AvgIpc) is 2.68. The molecule has 0 saturated heterocycles. The molecular formula is C18H16Br2O8. The summed E-state index contributed by atoms with van der Waals surface area (Å²) in [5.41, 5.74) is 0.306. The highest BCUT2D eigenvalue weighted by Crippen LogP contribution is 2.36. The van der Waals surface area contributed by atoms with Gasteiger partial charge in [0, 0.05) is 0 Å². The first kappa shape index (κ1) is 21.8. The summed E-state index contributed by atoms with van der Waals surface area (Å²) in [6.45, 7) is -0.358. The number of rotatable bonds is 7. The molecule has 150 valence electrons. The second kappa shape index (κ2) is 9.65. The molecule has 0 aliphatic carbocycles. The van der Waals surface area contributed by atoms with Crippen LogP contribution >= 0.6 is 31.9 Å². The summed E-state index contributed by atoms with van der Waals surface area (Å²) in [5, 5.41) is 19.5. The minimum absolute atomic E-state index is 0.111. The van der Waals surface area contributed by atoms with Crippen LogP contribution in [0.15, 0.2) is 33.2 Å².